The number of piperidine rings is 1. The molecule has 0 N–H and O–H groups in total. The molecule has 2 fully saturated rings. The summed E-state index contributed by atoms with van der Waals surface area (Å²) in [6.07, 6.45) is 8.17. The fraction of sp³-hybridized carbons (Fsp3) is 0.640. The van der Waals surface area contributed by atoms with Crippen LogP contribution in [0.15, 0.2) is 24.3 Å². The molecule has 2 heterocycles. The Hall–Kier alpha value is -2.37. The first-order chi connectivity index (χ1) is 15.1. The van der Waals surface area contributed by atoms with Crippen LogP contribution in [0.3, 0.4) is 0 Å². The Labute approximate surface area is 184 Å². The van der Waals surface area contributed by atoms with Gasteiger partial charge in [-0.2, -0.15) is 0 Å². The Morgan fingerprint density at radius 1 is 0.968 bits per heavy atom. The van der Waals surface area contributed by atoms with Crippen LogP contribution in [0.4, 0.5) is 5.69 Å². The van der Waals surface area contributed by atoms with E-state index in [4.69, 9.17) is 4.74 Å². The Balaban J connectivity index is 1.38. The van der Waals surface area contributed by atoms with Crippen molar-refractivity contribution in [2.24, 2.45) is 11.8 Å². The number of fused-ring (bicyclic) bond motifs is 1. The lowest BCUT2D eigenvalue weighted by atomic mass is 9.78. The number of carbonyl (C=O) groups is 3. The lowest BCUT2D eigenvalue weighted by Gasteiger charge is -2.35. The van der Waals surface area contributed by atoms with Gasteiger partial charge in [0, 0.05) is 24.8 Å². The zero-order chi connectivity index (χ0) is 21.8. The number of hydrogen-bond donors (Lipinski definition) is 0. The molecule has 6 nitrogen and oxygen atoms in total. The van der Waals surface area contributed by atoms with Crippen LogP contribution in [-0.2, 0) is 25.5 Å². The predicted octanol–water partition coefficient (Wildman–Crippen LogP) is 3.72. The number of rotatable bonds is 5. The minimum absolute atomic E-state index is 0.0278. The summed E-state index contributed by atoms with van der Waals surface area (Å²) < 4.78 is 5.50. The lowest BCUT2D eigenvalue weighted by Crippen LogP contribution is -2.46. The third-order valence-electron chi connectivity index (χ3n) is 7.30. The Bertz CT molecular complexity index is 823. The molecule has 4 rings (SSSR count). The van der Waals surface area contributed by atoms with Crippen LogP contribution in [0.5, 0.6) is 0 Å². The summed E-state index contributed by atoms with van der Waals surface area (Å²) in [5.74, 6) is -1.28. The van der Waals surface area contributed by atoms with Crippen LogP contribution >= 0.6 is 0 Å². The van der Waals surface area contributed by atoms with Crippen molar-refractivity contribution in [1.82, 2.24) is 4.90 Å². The predicted molar refractivity (Wildman–Crippen MR) is 119 cm³/mol. The third kappa shape index (κ3) is 4.63. The highest BCUT2D eigenvalue weighted by Gasteiger charge is 2.40. The number of likely N-dealkylation sites (tertiary alicyclic amines) is 1. The molecule has 3 aliphatic rings. The van der Waals surface area contributed by atoms with E-state index in [1.165, 1.54) is 5.56 Å². The number of amides is 2. The summed E-state index contributed by atoms with van der Waals surface area (Å²) in [5, 5.41) is 0. The average molecular weight is 427 g/mol. The zero-order valence-electron chi connectivity index (χ0n) is 18.6. The van der Waals surface area contributed by atoms with Crippen molar-refractivity contribution < 1.29 is 19.1 Å². The molecule has 1 aromatic carbocycles. The zero-order valence-corrected chi connectivity index (χ0v) is 18.6. The largest absolute Gasteiger partial charge is 0.455 e. The van der Waals surface area contributed by atoms with Crippen molar-refractivity contribution in [2.45, 2.75) is 70.8 Å². The van der Waals surface area contributed by atoms with Gasteiger partial charge in [-0.3, -0.25) is 14.4 Å². The summed E-state index contributed by atoms with van der Waals surface area (Å²) in [6.45, 7) is 3.30. The molecule has 0 spiro atoms. The molecule has 6 heteroatoms. The van der Waals surface area contributed by atoms with Crippen LogP contribution in [0.2, 0.25) is 0 Å². The highest BCUT2D eigenvalue weighted by Crippen LogP contribution is 2.36. The van der Waals surface area contributed by atoms with Gasteiger partial charge in [0.25, 0.3) is 5.91 Å². The molecule has 1 aliphatic carbocycles. The van der Waals surface area contributed by atoms with E-state index < -0.39 is 5.92 Å². The second-order valence-corrected chi connectivity index (χ2v) is 9.12. The first-order valence-electron chi connectivity index (χ1n) is 12.0. The van der Waals surface area contributed by atoms with Gasteiger partial charge in [-0.25, -0.2) is 0 Å². The van der Waals surface area contributed by atoms with E-state index in [2.05, 4.69) is 13.0 Å². The Kier molecular flexibility index (Phi) is 6.93. The van der Waals surface area contributed by atoms with E-state index in [0.717, 1.165) is 57.2 Å². The molecule has 0 radical (unpaired) electrons. The van der Waals surface area contributed by atoms with E-state index in [-0.39, 0.29) is 36.4 Å². The summed E-state index contributed by atoms with van der Waals surface area (Å²) >= 11 is 0. The van der Waals surface area contributed by atoms with Gasteiger partial charge in [0.05, 0.1) is 11.8 Å². The summed E-state index contributed by atoms with van der Waals surface area (Å²) in [4.78, 5) is 42.7. The highest BCUT2D eigenvalue weighted by molar-refractivity contribution is 5.99. The number of para-hydroxylation sites is 1. The minimum Gasteiger partial charge on any atom is -0.455 e. The van der Waals surface area contributed by atoms with E-state index in [9.17, 15) is 14.4 Å². The molecule has 31 heavy (non-hydrogen) atoms. The summed E-state index contributed by atoms with van der Waals surface area (Å²) in [5.41, 5.74) is 2.15. The van der Waals surface area contributed by atoms with Crippen molar-refractivity contribution in [1.29, 1.82) is 0 Å². The van der Waals surface area contributed by atoms with Gasteiger partial charge in [0.1, 0.15) is 0 Å². The topological polar surface area (TPSA) is 66.9 Å². The summed E-state index contributed by atoms with van der Waals surface area (Å²) in [6, 6.07) is 8.24. The molecule has 1 saturated heterocycles. The fourth-order valence-corrected chi connectivity index (χ4v) is 5.55. The van der Waals surface area contributed by atoms with Crippen LogP contribution in [0.25, 0.3) is 0 Å². The normalized spacial score (nSPS) is 25.8. The fourth-order valence-electron chi connectivity index (χ4n) is 5.55. The van der Waals surface area contributed by atoms with Gasteiger partial charge in [0.2, 0.25) is 5.91 Å². The number of anilines is 1. The minimum atomic E-state index is -0.454. The number of hydrogen-bond acceptors (Lipinski definition) is 4. The first-order valence-corrected chi connectivity index (χ1v) is 12.0. The Morgan fingerprint density at radius 2 is 1.71 bits per heavy atom. The number of ether oxygens (including phenoxy) is 1. The number of carbonyl (C=O) groups excluding carboxylic acids is 3. The first kappa shape index (κ1) is 21.8. The Morgan fingerprint density at radius 3 is 2.52 bits per heavy atom. The van der Waals surface area contributed by atoms with E-state index in [0.29, 0.717) is 19.4 Å². The molecule has 1 saturated carbocycles. The molecule has 0 aromatic heterocycles. The average Bonchev–Trinajstić information content (AvgIpc) is 3.26. The van der Waals surface area contributed by atoms with Gasteiger partial charge in [0.15, 0.2) is 6.61 Å². The third-order valence-corrected chi connectivity index (χ3v) is 7.30. The maximum Gasteiger partial charge on any atom is 0.310 e. The van der Waals surface area contributed by atoms with Gasteiger partial charge in [-0.05, 0) is 56.6 Å². The molecule has 3 unspecified atom stereocenters. The SMILES string of the molecule is CCC1CCCCN1C(=O)COC(=O)C1CCCCC1C(=O)N1CCc2ccccc21. The van der Waals surface area contributed by atoms with Crippen LogP contribution in [0, 0.1) is 11.8 Å². The van der Waals surface area contributed by atoms with Crippen molar-refractivity contribution in [2.75, 3.05) is 24.6 Å². The molecular formula is C25H34N2O4. The van der Waals surface area contributed by atoms with Crippen LogP contribution in [0.1, 0.15) is 63.9 Å². The molecule has 3 atom stereocenters. The lowest BCUT2D eigenvalue weighted by molar-refractivity contribution is -0.160. The van der Waals surface area contributed by atoms with Gasteiger partial charge in [-0.1, -0.05) is 38.0 Å². The van der Waals surface area contributed by atoms with Crippen LogP contribution < -0.4 is 4.90 Å². The van der Waals surface area contributed by atoms with Gasteiger partial charge in [-0.15, -0.1) is 0 Å². The number of nitrogens with zero attached hydrogens (tertiary/aromatic N) is 2. The highest BCUT2D eigenvalue weighted by atomic mass is 16.5. The molecule has 2 aliphatic heterocycles. The van der Waals surface area contributed by atoms with Crippen molar-refractivity contribution in [3.63, 3.8) is 0 Å². The van der Waals surface area contributed by atoms with E-state index >= 15 is 0 Å². The monoisotopic (exact) mass is 426 g/mol. The van der Waals surface area contributed by atoms with E-state index in [1.807, 2.05) is 28.0 Å². The maximum absolute atomic E-state index is 13.4. The van der Waals surface area contributed by atoms with Crippen molar-refractivity contribution in [3.05, 3.63) is 29.8 Å². The second-order valence-electron chi connectivity index (χ2n) is 9.12. The number of benzene rings is 1. The van der Waals surface area contributed by atoms with Crippen molar-refractivity contribution in [3.8, 4) is 0 Å². The van der Waals surface area contributed by atoms with Gasteiger partial charge < -0.3 is 14.5 Å². The smallest absolute Gasteiger partial charge is 0.310 e. The van der Waals surface area contributed by atoms with Gasteiger partial charge >= 0.3 is 5.97 Å². The molecule has 0 bridgehead atoms. The summed E-state index contributed by atoms with van der Waals surface area (Å²) in [7, 11) is 0. The molecule has 1 aromatic rings. The molecule has 168 valence electrons. The quantitative estimate of drug-likeness (QED) is 0.673. The van der Waals surface area contributed by atoms with Crippen molar-refractivity contribution >= 4 is 23.5 Å². The number of esters is 1. The second kappa shape index (κ2) is 9.84. The molecular weight excluding hydrogens is 392 g/mol. The maximum atomic E-state index is 13.4. The van der Waals surface area contributed by atoms with Crippen LogP contribution in [-0.4, -0.2) is 48.4 Å². The standard InChI is InChI=1S/C25H34N2O4/c1-2-19-10-7-8-15-26(19)23(28)17-31-25(30)21-12-5-4-11-20(21)24(29)27-16-14-18-9-3-6-13-22(18)27/h3,6,9,13,19-21H,2,4-5,7-8,10-12,14-17H2,1H3. The molecule has 2 amide bonds. The van der Waals surface area contributed by atoms with E-state index in [1.54, 1.807) is 0 Å².